The molecule has 0 aromatic heterocycles. The van der Waals surface area contributed by atoms with Crippen LogP contribution in [-0.2, 0) is 16.9 Å². The van der Waals surface area contributed by atoms with E-state index in [2.05, 4.69) is 10.0 Å². The average Bonchev–Trinajstić information content (AvgIpc) is 2.59. The van der Waals surface area contributed by atoms with Gasteiger partial charge in [-0.05, 0) is 28.8 Å². The molecule has 0 saturated carbocycles. The summed E-state index contributed by atoms with van der Waals surface area (Å²) in [7, 11) is 0. The fourth-order valence-corrected chi connectivity index (χ4v) is 3.00. The van der Waals surface area contributed by atoms with Crippen LogP contribution in [-0.4, -0.2) is 24.1 Å². The van der Waals surface area contributed by atoms with Crippen molar-refractivity contribution in [2.24, 2.45) is 5.11 Å². The number of nitrogens with zero attached hydrogens (tertiary/aromatic N) is 4. The first-order valence-corrected chi connectivity index (χ1v) is 8.27. The van der Waals surface area contributed by atoms with Gasteiger partial charge >= 0.3 is 6.09 Å². The summed E-state index contributed by atoms with van der Waals surface area (Å²) < 4.78 is 5.29. The van der Waals surface area contributed by atoms with Crippen molar-refractivity contribution < 1.29 is 9.53 Å². The Kier molecular flexibility index (Phi) is 5.04. The van der Waals surface area contributed by atoms with E-state index in [1.54, 1.807) is 18.2 Å². The van der Waals surface area contributed by atoms with Gasteiger partial charge in [-0.1, -0.05) is 64.7 Å². The summed E-state index contributed by atoms with van der Waals surface area (Å²) in [5.41, 5.74) is 9.66. The summed E-state index contributed by atoms with van der Waals surface area (Å²) in [5, 5.41) is 4.67. The fourth-order valence-electron chi connectivity index (χ4n) is 2.70. The first-order valence-electron chi connectivity index (χ1n) is 7.51. The highest BCUT2D eigenvalue weighted by atomic mass is 35.5. The molecule has 1 aliphatic heterocycles. The van der Waals surface area contributed by atoms with Gasteiger partial charge < -0.3 is 9.64 Å². The van der Waals surface area contributed by atoms with Crippen LogP contribution in [0.25, 0.3) is 10.4 Å². The van der Waals surface area contributed by atoms with Crippen molar-refractivity contribution in [3.63, 3.8) is 0 Å². The van der Waals surface area contributed by atoms with Crippen LogP contribution in [0.3, 0.4) is 0 Å². The quantitative estimate of drug-likeness (QED) is 0.420. The zero-order valence-electron chi connectivity index (χ0n) is 13.1. The van der Waals surface area contributed by atoms with Crippen LogP contribution in [0.4, 0.5) is 4.79 Å². The highest BCUT2D eigenvalue weighted by Crippen LogP contribution is 2.39. The van der Waals surface area contributed by atoms with Crippen LogP contribution in [0.5, 0.6) is 0 Å². The molecule has 8 heteroatoms. The molecule has 0 bridgehead atoms. The number of likely N-dealkylation sites (tertiary alicyclic amines) is 1. The predicted octanol–water partition coefficient (Wildman–Crippen LogP) is 5.15. The minimum atomic E-state index is -0.852. The van der Waals surface area contributed by atoms with Gasteiger partial charge in [-0.25, -0.2) is 4.79 Å². The standard InChI is InChI=1S/C17H14Cl2N4O2/c18-14-7-6-13(8-15(14)19)17(21-22-20)10-23(11-17)16(24)25-9-12-4-2-1-3-5-12/h1-8H,9-11H2. The molecule has 0 unspecified atom stereocenters. The van der Waals surface area contributed by atoms with E-state index < -0.39 is 11.6 Å². The molecule has 1 heterocycles. The van der Waals surface area contributed by atoms with Crippen molar-refractivity contribution in [3.8, 4) is 0 Å². The highest BCUT2D eigenvalue weighted by molar-refractivity contribution is 6.42. The number of halogens is 2. The lowest BCUT2D eigenvalue weighted by Crippen LogP contribution is -2.60. The largest absolute Gasteiger partial charge is 0.445 e. The van der Waals surface area contributed by atoms with Gasteiger partial charge in [-0.15, -0.1) is 0 Å². The number of hydrogen-bond acceptors (Lipinski definition) is 3. The molecule has 0 spiro atoms. The maximum Gasteiger partial charge on any atom is 0.410 e. The topological polar surface area (TPSA) is 78.3 Å². The van der Waals surface area contributed by atoms with Crippen molar-refractivity contribution in [3.05, 3.63) is 80.1 Å². The number of hydrogen-bond donors (Lipinski definition) is 0. The second kappa shape index (κ2) is 7.23. The van der Waals surface area contributed by atoms with Crippen LogP contribution in [0.2, 0.25) is 10.0 Å². The van der Waals surface area contributed by atoms with Crippen molar-refractivity contribution in [1.29, 1.82) is 0 Å². The minimum absolute atomic E-state index is 0.192. The second-order valence-electron chi connectivity index (χ2n) is 5.75. The average molecular weight is 377 g/mol. The van der Waals surface area contributed by atoms with E-state index in [1.807, 2.05) is 30.3 Å². The monoisotopic (exact) mass is 376 g/mol. The lowest BCUT2D eigenvalue weighted by molar-refractivity contribution is 0.0355. The minimum Gasteiger partial charge on any atom is -0.445 e. The Hall–Kier alpha value is -2.40. The molecule has 0 N–H and O–H groups in total. The molecule has 1 amide bonds. The third-order valence-corrected chi connectivity index (χ3v) is 4.80. The number of carbonyl (C=O) groups is 1. The fraction of sp³-hybridized carbons (Fsp3) is 0.235. The first-order chi connectivity index (χ1) is 12.0. The molecule has 25 heavy (non-hydrogen) atoms. The smallest absolute Gasteiger partial charge is 0.410 e. The maximum absolute atomic E-state index is 12.2. The number of ether oxygens (including phenoxy) is 1. The number of amides is 1. The van der Waals surface area contributed by atoms with Crippen LogP contribution in [0, 0.1) is 0 Å². The van der Waals surface area contributed by atoms with Crippen LogP contribution < -0.4 is 0 Å². The van der Waals surface area contributed by atoms with Gasteiger partial charge in [0.1, 0.15) is 12.1 Å². The summed E-state index contributed by atoms with van der Waals surface area (Å²) >= 11 is 12.0. The number of carbonyl (C=O) groups excluding carboxylic acids is 1. The Morgan fingerprint density at radius 2 is 1.92 bits per heavy atom. The maximum atomic E-state index is 12.2. The van der Waals surface area contributed by atoms with Crippen LogP contribution >= 0.6 is 23.2 Å². The highest BCUT2D eigenvalue weighted by Gasteiger charge is 2.47. The normalized spacial score (nSPS) is 15.0. The molecular formula is C17H14Cl2N4O2. The zero-order chi connectivity index (χ0) is 17.9. The van der Waals surface area contributed by atoms with E-state index in [0.29, 0.717) is 15.6 Å². The number of benzene rings is 2. The zero-order valence-corrected chi connectivity index (χ0v) is 14.6. The van der Waals surface area contributed by atoms with Gasteiger partial charge in [0.15, 0.2) is 0 Å². The molecule has 0 aliphatic carbocycles. The first kappa shape index (κ1) is 17.4. The number of rotatable bonds is 4. The lowest BCUT2D eigenvalue weighted by atomic mass is 9.83. The molecule has 128 valence electrons. The van der Waals surface area contributed by atoms with Crippen molar-refractivity contribution in [2.75, 3.05) is 13.1 Å². The van der Waals surface area contributed by atoms with Gasteiger partial charge in [-0.3, -0.25) is 0 Å². The molecule has 1 aliphatic rings. The Bertz CT molecular complexity index is 832. The predicted molar refractivity (Wildman–Crippen MR) is 95.5 cm³/mol. The molecule has 6 nitrogen and oxygen atoms in total. The molecule has 2 aromatic rings. The van der Waals surface area contributed by atoms with Gasteiger partial charge in [0.2, 0.25) is 0 Å². The Morgan fingerprint density at radius 3 is 2.56 bits per heavy atom. The van der Waals surface area contributed by atoms with Gasteiger partial charge in [-0.2, -0.15) is 0 Å². The summed E-state index contributed by atoms with van der Waals surface area (Å²) in [4.78, 5) is 16.6. The summed E-state index contributed by atoms with van der Waals surface area (Å²) in [6, 6.07) is 14.5. The van der Waals surface area contributed by atoms with Crippen molar-refractivity contribution in [1.82, 2.24) is 4.90 Å². The van der Waals surface area contributed by atoms with E-state index in [-0.39, 0.29) is 19.7 Å². The molecule has 0 radical (unpaired) electrons. The lowest BCUT2D eigenvalue weighted by Gasteiger charge is -2.46. The molecular weight excluding hydrogens is 363 g/mol. The third-order valence-electron chi connectivity index (χ3n) is 4.06. The van der Waals surface area contributed by atoms with E-state index in [9.17, 15) is 4.79 Å². The Balaban J connectivity index is 1.67. The second-order valence-corrected chi connectivity index (χ2v) is 6.56. The Labute approximate surface area is 154 Å². The molecule has 0 atom stereocenters. The van der Waals surface area contributed by atoms with Crippen molar-refractivity contribution >= 4 is 29.3 Å². The van der Waals surface area contributed by atoms with Crippen LogP contribution in [0.15, 0.2) is 53.6 Å². The van der Waals surface area contributed by atoms with E-state index in [4.69, 9.17) is 33.5 Å². The van der Waals surface area contributed by atoms with E-state index in [1.165, 1.54) is 4.90 Å². The molecule has 1 saturated heterocycles. The van der Waals surface area contributed by atoms with E-state index in [0.717, 1.165) is 5.56 Å². The van der Waals surface area contributed by atoms with Crippen molar-refractivity contribution in [2.45, 2.75) is 12.1 Å². The SMILES string of the molecule is [N-]=[N+]=NC1(c2ccc(Cl)c(Cl)c2)CN(C(=O)OCc2ccccc2)C1. The van der Waals surface area contributed by atoms with E-state index >= 15 is 0 Å². The van der Waals surface area contributed by atoms with Gasteiger partial charge in [0.25, 0.3) is 0 Å². The number of azide groups is 1. The third kappa shape index (κ3) is 3.66. The molecule has 3 rings (SSSR count). The molecule has 1 fully saturated rings. The van der Waals surface area contributed by atoms with Gasteiger partial charge in [0, 0.05) is 18.0 Å². The van der Waals surface area contributed by atoms with Gasteiger partial charge in [0.05, 0.1) is 10.0 Å². The summed E-state index contributed by atoms with van der Waals surface area (Å²) in [6.45, 7) is 0.642. The Morgan fingerprint density at radius 1 is 1.20 bits per heavy atom. The van der Waals surface area contributed by atoms with Crippen LogP contribution in [0.1, 0.15) is 11.1 Å². The summed E-state index contributed by atoms with van der Waals surface area (Å²) in [5.74, 6) is 0. The molecule has 2 aromatic carbocycles. The summed E-state index contributed by atoms with van der Waals surface area (Å²) in [6.07, 6.45) is -0.451.